The van der Waals surface area contributed by atoms with Gasteiger partial charge in [-0.05, 0) is 24.3 Å². The number of nitrogens with zero attached hydrogens (tertiary/aromatic N) is 4. The number of amides is 1. The van der Waals surface area contributed by atoms with Crippen LogP contribution in [-0.4, -0.2) is 53.4 Å². The quantitative estimate of drug-likeness (QED) is 0.630. The Morgan fingerprint density at radius 3 is 2.46 bits per heavy atom. The van der Waals surface area contributed by atoms with E-state index < -0.39 is 4.92 Å². The Hall–Kier alpha value is -3.16. The van der Waals surface area contributed by atoms with E-state index in [9.17, 15) is 14.9 Å². The number of nitro benzene ring substituents is 1. The number of hydrogen-bond donors (Lipinski definition) is 1. The van der Waals surface area contributed by atoms with Crippen LogP contribution in [0.25, 0.3) is 0 Å². The summed E-state index contributed by atoms with van der Waals surface area (Å²) < 4.78 is 0. The molecule has 0 radical (unpaired) electrons. The first kappa shape index (κ1) is 17.7. The minimum absolute atomic E-state index is 0.0532. The summed E-state index contributed by atoms with van der Waals surface area (Å²) in [6.07, 6.45) is 2.16. The van der Waals surface area contributed by atoms with Crippen molar-refractivity contribution in [1.29, 1.82) is 0 Å². The van der Waals surface area contributed by atoms with Gasteiger partial charge in [0, 0.05) is 63.2 Å². The van der Waals surface area contributed by atoms with Crippen molar-refractivity contribution in [2.75, 3.05) is 42.9 Å². The first-order valence-corrected chi connectivity index (χ1v) is 8.55. The van der Waals surface area contributed by atoms with Crippen molar-refractivity contribution in [1.82, 2.24) is 9.88 Å². The molecule has 0 saturated carbocycles. The minimum Gasteiger partial charge on any atom is -0.385 e. The molecule has 2 heterocycles. The Morgan fingerprint density at radius 2 is 1.85 bits per heavy atom. The lowest BCUT2D eigenvalue weighted by atomic mass is 10.2. The molecule has 1 fully saturated rings. The molecule has 1 N–H and O–H groups in total. The molecule has 8 heteroatoms. The molecule has 1 saturated heterocycles. The van der Waals surface area contributed by atoms with Crippen molar-refractivity contribution in [3.63, 3.8) is 0 Å². The average Bonchev–Trinajstić information content (AvgIpc) is 2.69. The number of carbonyl (C=O) groups is 1. The zero-order valence-corrected chi connectivity index (χ0v) is 14.4. The number of pyridine rings is 1. The molecule has 0 unspecified atom stereocenters. The standard InChI is InChI=1S/C18H21N5O3/c24-18(8-10-19-15-4-6-16(7-5-15)23(25)26)22-13-11-21(12-14-22)17-3-1-2-9-20-17/h1-7,9,19H,8,10-14H2. The molecule has 1 aliphatic heterocycles. The fraction of sp³-hybridized carbons (Fsp3) is 0.333. The molecule has 2 aromatic rings. The number of hydrogen-bond acceptors (Lipinski definition) is 6. The predicted octanol–water partition coefficient (Wildman–Crippen LogP) is 2.14. The van der Waals surface area contributed by atoms with E-state index in [0.29, 0.717) is 26.1 Å². The van der Waals surface area contributed by atoms with E-state index in [0.717, 1.165) is 24.6 Å². The maximum Gasteiger partial charge on any atom is 0.269 e. The third-order valence-corrected chi connectivity index (χ3v) is 4.35. The van der Waals surface area contributed by atoms with Crippen molar-refractivity contribution < 1.29 is 9.72 Å². The van der Waals surface area contributed by atoms with Gasteiger partial charge >= 0.3 is 0 Å². The highest BCUT2D eigenvalue weighted by atomic mass is 16.6. The third kappa shape index (κ3) is 4.47. The maximum atomic E-state index is 12.3. The molecule has 0 atom stereocenters. The lowest BCUT2D eigenvalue weighted by molar-refractivity contribution is -0.384. The molecule has 0 aliphatic carbocycles. The van der Waals surface area contributed by atoms with E-state index in [1.54, 1.807) is 18.3 Å². The molecule has 1 aliphatic rings. The summed E-state index contributed by atoms with van der Waals surface area (Å²) in [5.41, 5.74) is 0.820. The van der Waals surface area contributed by atoms with Crippen LogP contribution >= 0.6 is 0 Å². The Morgan fingerprint density at radius 1 is 1.12 bits per heavy atom. The van der Waals surface area contributed by atoms with Gasteiger partial charge in [0.15, 0.2) is 0 Å². The van der Waals surface area contributed by atoms with Crippen LogP contribution in [0, 0.1) is 10.1 Å². The summed E-state index contributed by atoms with van der Waals surface area (Å²) in [5, 5.41) is 13.8. The number of carbonyl (C=O) groups excluding carboxylic acids is 1. The third-order valence-electron chi connectivity index (χ3n) is 4.35. The molecule has 0 bridgehead atoms. The van der Waals surface area contributed by atoms with Crippen LogP contribution < -0.4 is 10.2 Å². The topological polar surface area (TPSA) is 91.6 Å². The van der Waals surface area contributed by atoms with Crippen LogP contribution in [0.15, 0.2) is 48.7 Å². The van der Waals surface area contributed by atoms with Crippen LogP contribution in [0.5, 0.6) is 0 Å². The van der Waals surface area contributed by atoms with Gasteiger partial charge in [-0.3, -0.25) is 14.9 Å². The van der Waals surface area contributed by atoms with Gasteiger partial charge in [0.2, 0.25) is 5.91 Å². The number of nitro groups is 1. The Bertz CT molecular complexity index is 743. The number of anilines is 2. The minimum atomic E-state index is -0.433. The summed E-state index contributed by atoms with van der Waals surface area (Å²) in [6, 6.07) is 12.0. The highest BCUT2D eigenvalue weighted by Crippen LogP contribution is 2.16. The largest absolute Gasteiger partial charge is 0.385 e. The summed E-state index contributed by atoms with van der Waals surface area (Å²) in [6.45, 7) is 3.42. The Kier molecular flexibility index (Phi) is 5.62. The van der Waals surface area contributed by atoms with Crippen LogP contribution in [0.2, 0.25) is 0 Å². The van der Waals surface area contributed by atoms with Gasteiger partial charge < -0.3 is 15.1 Å². The molecule has 0 spiro atoms. The van der Waals surface area contributed by atoms with E-state index >= 15 is 0 Å². The molecular formula is C18H21N5O3. The van der Waals surface area contributed by atoms with E-state index in [1.807, 2.05) is 23.1 Å². The maximum absolute atomic E-state index is 12.3. The zero-order chi connectivity index (χ0) is 18.4. The van der Waals surface area contributed by atoms with Crippen molar-refractivity contribution in [3.05, 3.63) is 58.8 Å². The van der Waals surface area contributed by atoms with Crippen LogP contribution in [-0.2, 0) is 4.79 Å². The number of aromatic nitrogens is 1. The molecule has 3 rings (SSSR count). The first-order chi connectivity index (χ1) is 12.6. The summed E-state index contributed by atoms with van der Waals surface area (Å²) in [4.78, 5) is 30.9. The van der Waals surface area contributed by atoms with Gasteiger partial charge in [-0.15, -0.1) is 0 Å². The number of non-ortho nitro benzene ring substituents is 1. The summed E-state index contributed by atoms with van der Waals surface area (Å²) >= 11 is 0. The number of piperazine rings is 1. The molecule has 1 aromatic heterocycles. The lowest BCUT2D eigenvalue weighted by Gasteiger charge is -2.35. The monoisotopic (exact) mass is 355 g/mol. The van der Waals surface area contributed by atoms with Gasteiger partial charge in [0.25, 0.3) is 5.69 Å². The highest BCUT2D eigenvalue weighted by Gasteiger charge is 2.21. The normalized spacial score (nSPS) is 14.2. The van der Waals surface area contributed by atoms with Crippen LogP contribution in [0.3, 0.4) is 0 Å². The van der Waals surface area contributed by atoms with Gasteiger partial charge in [-0.1, -0.05) is 6.07 Å². The molecular weight excluding hydrogens is 334 g/mol. The fourth-order valence-corrected chi connectivity index (χ4v) is 2.90. The van der Waals surface area contributed by atoms with Crippen LogP contribution in [0.4, 0.5) is 17.2 Å². The van der Waals surface area contributed by atoms with Gasteiger partial charge in [0.1, 0.15) is 5.82 Å². The number of rotatable bonds is 6. The highest BCUT2D eigenvalue weighted by molar-refractivity contribution is 5.77. The van der Waals surface area contributed by atoms with Crippen molar-refractivity contribution in [2.24, 2.45) is 0 Å². The number of benzene rings is 1. The average molecular weight is 355 g/mol. The molecule has 1 aromatic carbocycles. The smallest absolute Gasteiger partial charge is 0.269 e. The molecule has 8 nitrogen and oxygen atoms in total. The summed E-state index contributed by atoms with van der Waals surface area (Å²) in [5.74, 6) is 1.06. The summed E-state index contributed by atoms with van der Waals surface area (Å²) in [7, 11) is 0. The van der Waals surface area contributed by atoms with E-state index in [2.05, 4.69) is 15.2 Å². The second kappa shape index (κ2) is 8.28. The zero-order valence-electron chi connectivity index (χ0n) is 14.4. The van der Waals surface area contributed by atoms with Crippen molar-refractivity contribution >= 4 is 23.1 Å². The first-order valence-electron chi connectivity index (χ1n) is 8.55. The fourth-order valence-electron chi connectivity index (χ4n) is 2.90. The van der Waals surface area contributed by atoms with Crippen LogP contribution in [0.1, 0.15) is 6.42 Å². The molecule has 1 amide bonds. The predicted molar refractivity (Wildman–Crippen MR) is 99.2 cm³/mol. The SMILES string of the molecule is O=C(CCNc1ccc([N+](=O)[O-])cc1)N1CCN(c2ccccn2)CC1. The van der Waals surface area contributed by atoms with Gasteiger partial charge in [-0.25, -0.2) is 4.98 Å². The number of nitrogens with one attached hydrogen (secondary N) is 1. The van der Waals surface area contributed by atoms with Crippen molar-refractivity contribution in [2.45, 2.75) is 6.42 Å². The van der Waals surface area contributed by atoms with Crippen molar-refractivity contribution in [3.8, 4) is 0 Å². The molecule has 136 valence electrons. The van der Waals surface area contributed by atoms with Gasteiger partial charge in [0.05, 0.1) is 4.92 Å². The lowest BCUT2D eigenvalue weighted by Crippen LogP contribution is -2.49. The Balaban J connectivity index is 1.41. The second-order valence-electron chi connectivity index (χ2n) is 6.04. The van der Waals surface area contributed by atoms with Gasteiger partial charge in [-0.2, -0.15) is 0 Å². The van der Waals surface area contributed by atoms with E-state index in [4.69, 9.17) is 0 Å². The Labute approximate surface area is 151 Å². The second-order valence-corrected chi connectivity index (χ2v) is 6.04. The molecule has 26 heavy (non-hydrogen) atoms. The van der Waals surface area contributed by atoms with E-state index in [-0.39, 0.29) is 11.6 Å². The van der Waals surface area contributed by atoms with E-state index in [1.165, 1.54) is 12.1 Å².